The van der Waals surface area contributed by atoms with Crippen molar-refractivity contribution >= 4 is 5.78 Å². The summed E-state index contributed by atoms with van der Waals surface area (Å²) in [6, 6.07) is 2.17. The average molecular weight is 237 g/mol. The lowest BCUT2D eigenvalue weighted by Gasteiger charge is -2.51. The van der Waals surface area contributed by atoms with Gasteiger partial charge in [-0.05, 0) is 24.7 Å². The summed E-state index contributed by atoms with van der Waals surface area (Å²) in [4.78, 5) is 12.3. The van der Waals surface area contributed by atoms with Crippen LogP contribution in [0.2, 0.25) is 0 Å². The van der Waals surface area contributed by atoms with Crippen molar-refractivity contribution in [2.24, 2.45) is 16.7 Å². The average Bonchev–Trinajstić information content (AvgIpc) is 2.32. The van der Waals surface area contributed by atoms with Crippen LogP contribution in [0.3, 0.4) is 0 Å². The highest BCUT2D eigenvalue weighted by Gasteiger charge is 2.56. The molecule has 0 aromatic heterocycles. The van der Waals surface area contributed by atoms with Crippen LogP contribution in [0.25, 0.3) is 0 Å². The number of rotatable bonds is 3. The fourth-order valence-electron chi connectivity index (χ4n) is 3.51. The summed E-state index contributed by atoms with van der Waals surface area (Å²) in [7, 11) is 1.67. The molecule has 2 unspecified atom stereocenters. The molecule has 0 saturated heterocycles. The Labute approximate surface area is 104 Å². The summed E-state index contributed by atoms with van der Waals surface area (Å²) in [6.45, 7) is 8.06. The van der Waals surface area contributed by atoms with Gasteiger partial charge < -0.3 is 4.74 Å². The summed E-state index contributed by atoms with van der Waals surface area (Å²) in [5.74, 6) is -0.444. The number of ether oxygens (including phenoxy) is 1. The van der Waals surface area contributed by atoms with Crippen LogP contribution in [0.4, 0.5) is 0 Å². The SMILES string of the molecule is CCC1(CC)CC(C#N)C(=O)C(C)(C)C1OC. The van der Waals surface area contributed by atoms with E-state index in [0.717, 1.165) is 12.8 Å². The third-order valence-corrected chi connectivity index (χ3v) is 4.57. The molecular weight excluding hydrogens is 214 g/mol. The van der Waals surface area contributed by atoms with Gasteiger partial charge in [-0.3, -0.25) is 4.79 Å². The van der Waals surface area contributed by atoms with Crippen molar-refractivity contribution in [2.45, 2.75) is 53.1 Å². The minimum atomic E-state index is -0.570. The molecule has 17 heavy (non-hydrogen) atoms. The van der Waals surface area contributed by atoms with E-state index in [1.807, 2.05) is 13.8 Å². The second-order valence-corrected chi connectivity index (χ2v) is 5.66. The van der Waals surface area contributed by atoms with Gasteiger partial charge in [-0.1, -0.05) is 27.7 Å². The van der Waals surface area contributed by atoms with Gasteiger partial charge in [0.2, 0.25) is 0 Å². The first-order valence-corrected chi connectivity index (χ1v) is 6.36. The van der Waals surface area contributed by atoms with E-state index in [4.69, 9.17) is 10.00 Å². The van der Waals surface area contributed by atoms with Crippen LogP contribution in [0.1, 0.15) is 47.0 Å². The van der Waals surface area contributed by atoms with E-state index in [2.05, 4.69) is 19.9 Å². The second kappa shape index (κ2) is 4.78. The van der Waals surface area contributed by atoms with Crippen molar-refractivity contribution in [3.8, 4) is 6.07 Å². The van der Waals surface area contributed by atoms with Gasteiger partial charge in [0, 0.05) is 7.11 Å². The van der Waals surface area contributed by atoms with Crippen LogP contribution < -0.4 is 0 Å². The Kier molecular flexibility index (Phi) is 3.99. The Morgan fingerprint density at radius 3 is 2.29 bits per heavy atom. The van der Waals surface area contributed by atoms with Crippen molar-refractivity contribution in [3.05, 3.63) is 0 Å². The van der Waals surface area contributed by atoms with E-state index in [1.165, 1.54) is 0 Å². The quantitative estimate of drug-likeness (QED) is 0.758. The van der Waals surface area contributed by atoms with Crippen LogP contribution >= 0.6 is 0 Å². The molecule has 0 radical (unpaired) electrons. The third-order valence-electron chi connectivity index (χ3n) is 4.57. The zero-order valence-electron chi connectivity index (χ0n) is 11.5. The first-order chi connectivity index (χ1) is 7.89. The maximum Gasteiger partial charge on any atom is 0.158 e. The Morgan fingerprint density at radius 1 is 1.41 bits per heavy atom. The normalized spacial score (nSPS) is 30.9. The number of methoxy groups -OCH3 is 1. The number of hydrogen-bond acceptors (Lipinski definition) is 3. The Morgan fingerprint density at radius 2 is 1.94 bits per heavy atom. The molecule has 0 N–H and O–H groups in total. The fraction of sp³-hybridized carbons (Fsp3) is 0.857. The molecule has 0 aromatic rings. The monoisotopic (exact) mass is 237 g/mol. The first kappa shape index (κ1) is 14.2. The molecule has 0 aromatic carbocycles. The standard InChI is InChI=1S/C14H23NO2/c1-6-14(7-2)8-10(9-15)11(16)13(3,4)12(14)17-5/h10,12H,6-8H2,1-5H3. The van der Waals surface area contributed by atoms with Crippen molar-refractivity contribution in [1.29, 1.82) is 5.26 Å². The predicted octanol–water partition coefficient (Wildman–Crippen LogP) is 2.95. The molecule has 0 bridgehead atoms. The number of nitrogens with zero attached hydrogens (tertiary/aromatic N) is 1. The molecular formula is C14H23NO2. The van der Waals surface area contributed by atoms with Gasteiger partial charge in [0.15, 0.2) is 5.78 Å². The summed E-state index contributed by atoms with van der Waals surface area (Å²) in [5, 5.41) is 9.16. The number of nitriles is 1. The lowest BCUT2D eigenvalue weighted by Crippen LogP contribution is -2.56. The molecule has 0 spiro atoms. The van der Waals surface area contributed by atoms with Crippen LogP contribution in [-0.4, -0.2) is 19.0 Å². The maximum absolute atomic E-state index is 12.3. The molecule has 0 amide bonds. The number of ketones is 1. The smallest absolute Gasteiger partial charge is 0.158 e. The van der Waals surface area contributed by atoms with Crippen LogP contribution in [0.15, 0.2) is 0 Å². The van der Waals surface area contributed by atoms with E-state index < -0.39 is 11.3 Å². The Balaban J connectivity index is 3.25. The zero-order chi connectivity index (χ0) is 13.3. The topological polar surface area (TPSA) is 50.1 Å². The maximum atomic E-state index is 12.3. The molecule has 1 aliphatic rings. The lowest BCUT2D eigenvalue weighted by molar-refractivity contribution is -0.163. The van der Waals surface area contributed by atoms with Gasteiger partial charge in [-0.15, -0.1) is 0 Å². The molecule has 0 aliphatic heterocycles. The van der Waals surface area contributed by atoms with E-state index in [0.29, 0.717) is 6.42 Å². The lowest BCUT2D eigenvalue weighted by atomic mass is 9.55. The van der Waals surface area contributed by atoms with Crippen molar-refractivity contribution in [1.82, 2.24) is 0 Å². The highest BCUT2D eigenvalue weighted by atomic mass is 16.5. The van der Waals surface area contributed by atoms with Gasteiger partial charge >= 0.3 is 0 Å². The fourth-order valence-corrected chi connectivity index (χ4v) is 3.51. The summed E-state index contributed by atoms with van der Waals surface area (Å²) in [6.07, 6.45) is 2.42. The highest BCUT2D eigenvalue weighted by molar-refractivity contribution is 5.90. The molecule has 2 atom stereocenters. The Hall–Kier alpha value is -0.880. The second-order valence-electron chi connectivity index (χ2n) is 5.66. The molecule has 1 rings (SSSR count). The van der Waals surface area contributed by atoms with Gasteiger partial charge in [-0.2, -0.15) is 5.26 Å². The number of carbonyl (C=O) groups excluding carboxylic acids is 1. The van der Waals surface area contributed by atoms with Crippen molar-refractivity contribution in [2.75, 3.05) is 7.11 Å². The number of carbonyl (C=O) groups is 1. The summed E-state index contributed by atoms with van der Waals surface area (Å²) < 4.78 is 5.64. The number of hydrogen-bond donors (Lipinski definition) is 0. The molecule has 96 valence electrons. The molecule has 1 fully saturated rings. The largest absolute Gasteiger partial charge is 0.380 e. The van der Waals surface area contributed by atoms with Crippen LogP contribution in [-0.2, 0) is 9.53 Å². The van der Waals surface area contributed by atoms with Gasteiger partial charge in [-0.25, -0.2) is 0 Å². The van der Waals surface area contributed by atoms with Gasteiger partial charge in [0.25, 0.3) is 0 Å². The first-order valence-electron chi connectivity index (χ1n) is 6.36. The third kappa shape index (κ3) is 1.99. The van der Waals surface area contributed by atoms with Crippen molar-refractivity contribution in [3.63, 3.8) is 0 Å². The van der Waals surface area contributed by atoms with Crippen molar-refractivity contribution < 1.29 is 9.53 Å². The molecule has 3 heteroatoms. The van der Waals surface area contributed by atoms with Crippen LogP contribution in [0, 0.1) is 28.1 Å². The predicted molar refractivity (Wildman–Crippen MR) is 66.3 cm³/mol. The molecule has 1 saturated carbocycles. The van der Waals surface area contributed by atoms with E-state index in [-0.39, 0.29) is 17.3 Å². The van der Waals surface area contributed by atoms with E-state index in [1.54, 1.807) is 7.11 Å². The Bertz CT molecular complexity index is 337. The minimum Gasteiger partial charge on any atom is -0.380 e. The van der Waals surface area contributed by atoms with Crippen LogP contribution in [0.5, 0.6) is 0 Å². The summed E-state index contributed by atoms with van der Waals surface area (Å²) >= 11 is 0. The highest BCUT2D eigenvalue weighted by Crippen LogP contribution is 2.51. The minimum absolute atomic E-state index is 0.0318. The zero-order valence-corrected chi connectivity index (χ0v) is 11.5. The van der Waals surface area contributed by atoms with Gasteiger partial charge in [0.1, 0.15) is 5.92 Å². The number of Topliss-reactive ketones (excluding diaryl/α,β-unsaturated/α-hetero) is 1. The van der Waals surface area contributed by atoms with Gasteiger partial charge in [0.05, 0.1) is 17.6 Å². The molecule has 0 heterocycles. The van der Waals surface area contributed by atoms with E-state index in [9.17, 15) is 4.79 Å². The molecule has 3 nitrogen and oxygen atoms in total. The van der Waals surface area contributed by atoms with E-state index >= 15 is 0 Å². The summed E-state index contributed by atoms with van der Waals surface area (Å²) in [5.41, 5.74) is -0.619. The molecule has 1 aliphatic carbocycles.